The Labute approximate surface area is 178 Å². The largest absolute Gasteiger partial charge is 0.337 e. The highest BCUT2D eigenvalue weighted by atomic mass is 35.5. The summed E-state index contributed by atoms with van der Waals surface area (Å²) in [6, 6.07) is 12.7. The van der Waals surface area contributed by atoms with Crippen LogP contribution in [0.2, 0.25) is 4.34 Å². The summed E-state index contributed by atoms with van der Waals surface area (Å²) < 4.78 is 27.4. The molecule has 29 heavy (non-hydrogen) atoms. The molecular weight excluding hydrogens is 430 g/mol. The van der Waals surface area contributed by atoms with Crippen LogP contribution in [0.1, 0.15) is 5.56 Å². The molecule has 1 aliphatic rings. The SMILES string of the molecule is O=C(/C=C/c1cccc2cccnc12)N1CCN(S(=O)(=O)c2ccc(Cl)s2)CC1. The van der Waals surface area contributed by atoms with Crippen molar-refractivity contribution in [1.82, 2.24) is 14.2 Å². The molecule has 4 rings (SSSR count). The average molecular weight is 448 g/mol. The molecule has 0 saturated carbocycles. The van der Waals surface area contributed by atoms with Crippen molar-refractivity contribution in [2.75, 3.05) is 26.2 Å². The monoisotopic (exact) mass is 447 g/mol. The Morgan fingerprint density at radius 2 is 1.83 bits per heavy atom. The number of piperazine rings is 1. The third-order valence-corrected chi connectivity index (χ3v) is 8.36. The third-order valence-electron chi connectivity index (χ3n) is 4.76. The number of fused-ring (bicyclic) bond motifs is 1. The highest BCUT2D eigenvalue weighted by molar-refractivity contribution is 7.91. The molecule has 0 spiro atoms. The molecule has 3 heterocycles. The standard InChI is InChI=1S/C20H18ClN3O3S2/c21-17-7-9-19(28-17)29(26,27)24-13-11-23(12-14-24)18(25)8-6-16-4-1-3-15-5-2-10-22-20(15)16/h1-10H,11-14H2/b8-6+. The van der Waals surface area contributed by atoms with Gasteiger partial charge < -0.3 is 4.90 Å². The smallest absolute Gasteiger partial charge is 0.252 e. The molecule has 1 aliphatic heterocycles. The van der Waals surface area contributed by atoms with Crippen LogP contribution >= 0.6 is 22.9 Å². The molecule has 150 valence electrons. The zero-order valence-electron chi connectivity index (χ0n) is 15.4. The first-order chi connectivity index (χ1) is 13.9. The normalized spacial score (nSPS) is 16.0. The first kappa shape index (κ1) is 20.0. The van der Waals surface area contributed by atoms with E-state index in [2.05, 4.69) is 4.98 Å². The van der Waals surface area contributed by atoms with Gasteiger partial charge in [-0.05, 0) is 24.3 Å². The highest BCUT2D eigenvalue weighted by Gasteiger charge is 2.30. The molecule has 6 nitrogen and oxygen atoms in total. The number of benzene rings is 1. The van der Waals surface area contributed by atoms with Gasteiger partial charge in [0, 0.05) is 49.4 Å². The number of halogens is 1. The number of rotatable bonds is 4. The van der Waals surface area contributed by atoms with Gasteiger partial charge in [0.1, 0.15) is 4.21 Å². The topological polar surface area (TPSA) is 70.6 Å². The second-order valence-electron chi connectivity index (χ2n) is 6.54. The number of carbonyl (C=O) groups is 1. The van der Waals surface area contributed by atoms with Gasteiger partial charge in [-0.15, -0.1) is 11.3 Å². The second-order valence-corrected chi connectivity index (χ2v) is 10.4. The van der Waals surface area contributed by atoms with Crippen molar-refractivity contribution in [3.8, 4) is 0 Å². The van der Waals surface area contributed by atoms with Crippen LogP contribution in [0.5, 0.6) is 0 Å². The Kier molecular flexibility index (Phi) is 5.69. The van der Waals surface area contributed by atoms with Crippen molar-refractivity contribution in [2.45, 2.75) is 4.21 Å². The number of nitrogens with zero attached hydrogens (tertiary/aromatic N) is 3. The summed E-state index contributed by atoms with van der Waals surface area (Å²) in [6.07, 6.45) is 5.00. The quantitative estimate of drug-likeness (QED) is 0.574. The van der Waals surface area contributed by atoms with Crippen molar-refractivity contribution >= 4 is 55.8 Å². The molecule has 1 saturated heterocycles. The van der Waals surface area contributed by atoms with Crippen LogP contribution in [0.4, 0.5) is 0 Å². The van der Waals surface area contributed by atoms with Crippen molar-refractivity contribution in [2.24, 2.45) is 0 Å². The van der Waals surface area contributed by atoms with Crippen LogP contribution in [0.25, 0.3) is 17.0 Å². The lowest BCUT2D eigenvalue weighted by molar-refractivity contribution is -0.127. The fraction of sp³-hybridized carbons (Fsp3) is 0.200. The Bertz CT molecular complexity index is 1180. The summed E-state index contributed by atoms with van der Waals surface area (Å²) in [5, 5.41) is 1.01. The van der Waals surface area contributed by atoms with E-state index in [1.807, 2.05) is 30.3 Å². The van der Waals surface area contributed by atoms with Crippen LogP contribution in [-0.4, -0.2) is 54.7 Å². The summed E-state index contributed by atoms with van der Waals surface area (Å²) >= 11 is 6.90. The van der Waals surface area contributed by atoms with E-state index in [1.54, 1.807) is 23.2 Å². The molecule has 1 fully saturated rings. The predicted octanol–water partition coefficient (Wildman–Crippen LogP) is 3.50. The zero-order valence-corrected chi connectivity index (χ0v) is 17.8. The molecule has 1 aromatic carbocycles. The van der Waals surface area contributed by atoms with Crippen molar-refractivity contribution in [3.05, 3.63) is 64.6 Å². The highest BCUT2D eigenvalue weighted by Crippen LogP contribution is 2.28. The van der Waals surface area contributed by atoms with E-state index in [9.17, 15) is 13.2 Å². The molecular formula is C20H18ClN3O3S2. The molecule has 1 amide bonds. The maximum atomic E-state index is 12.7. The minimum Gasteiger partial charge on any atom is -0.337 e. The minimum absolute atomic E-state index is 0.144. The van der Waals surface area contributed by atoms with Gasteiger partial charge in [-0.2, -0.15) is 4.31 Å². The first-order valence-corrected chi connectivity index (χ1v) is 11.6. The molecule has 9 heteroatoms. The molecule has 0 radical (unpaired) electrons. The van der Waals surface area contributed by atoms with Gasteiger partial charge in [0.25, 0.3) is 10.0 Å². The first-order valence-electron chi connectivity index (χ1n) is 9.01. The Balaban J connectivity index is 1.42. The molecule has 2 aromatic heterocycles. The summed E-state index contributed by atoms with van der Waals surface area (Å²) in [6.45, 7) is 1.20. The summed E-state index contributed by atoms with van der Waals surface area (Å²) in [4.78, 5) is 18.6. The van der Waals surface area contributed by atoms with Gasteiger partial charge in [0.05, 0.1) is 9.85 Å². The van der Waals surface area contributed by atoms with Crippen molar-refractivity contribution in [3.63, 3.8) is 0 Å². The lowest BCUT2D eigenvalue weighted by atomic mass is 10.1. The molecule has 0 atom stereocenters. The van der Waals surface area contributed by atoms with Crippen LogP contribution < -0.4 is 0 Å². The molecule has 0 bridgehead atoms. The Morgan fingerprint density at radius 3 is 2.55 bits per heavy atom. The van der Waals surface area contributed by atoms with Gasteiger partial charge in [0.2, 0.25) is 5.91 Å². The van der Waals surface area contributed by atoms with Crippen LogP contribution in [0, 0.1) is 0 Å². The zero-order chi connectivity index (χ0) is 20.4. The van der Waals surface area contributed by atoms with E-state index in [4.69, 9.17) is 11.6 Å². The van der Waals surface area contributed by atoms with Crippen molar-refractivity contribution < 1.29 is 13.2 Å². The molecule has 0 unspecified atom stereocenters. The number of pyridine rings is 1. The van der Waals surface area contributed by atoms with Crippen LogP contribution in [-0.2, 0) is 14.8 Å². The van der Waals surface area contributed by atoms with Gasteiger partial charge >= 0.3 is 0 Å². The molecule has 0 N–H and O–H groups in total. The van der Waals surface area contributed by atoms with E-state index in [-0.39, 0.29) is 23.2 Å². The number of hydrogen-bond acceptors (Lipinski definition) is 5. The lowest BCUT2D eigenvalue weighted by Gasteiger charge is -2.33. The summed E-state index contributed by atoms with van der Waals surface area (Å²) in [5.74, 6) is -0.144. The third kappa shape index (κ3) is 4.20. The van der Waals surface area contributed by atoms with E-state index in [1.165, 1.54) is 16.4 Å². The van der Waals surface area contributed by atoms with Crippen LogP contribution in [0.15, 0.2) is 58.9 Å². The number of para-hydroxylation sites is 1. The maximum Gasteiger partial charge on any atom is 0.252 e. The second kappa shape index (κ2) is 8.23. The summed E-state index contributed by atoms with van der Waals surface area (Å²) in [7, 11) is -3.57. The van der Waals surface area contributed by atoms with Gasteiger partial charge in [-0.3, -0.25) is 9.78 Å². The van der Waals surface area contributed by atoms with E-state index in [0.717, 1.165) is 27.8 Å². The molecule has 3 aromatic rings. The Hall–Kier alpha value is -2.26. The number of aromatic nitrogens is 1. The van der Waals surface area contributed by atoms with E-state index >= 15 is 0 Å². The average Bonchev–Trinajstić information content (AvgIpc) is 3.19. The van der Waals surface area contributed by atoms with Crippen molar-refractivity contribution in [1.29, 1.82) is 0 Å². The van der Waals surface area contributed by atoms with Gasteiger partial charge in [-0.25, -0.2) is 8.42 Å². The number of amides is 1. The van der Waals surface area contributed by atoms with Gasteiger partial charge in [-0.1, -0.05) is 35.9 Å². The molecule has 0 aliphatic carbocycles. The maximum absolute atomic E-state index is 12.7. The summed E-state index contributed by atoms with van der Waals surface area (Å²) in [5.41, 5.74) is 1.71. The number of sulfonamides is 1. The fourth-order valence-electron chi connectivity index (χ4n) is 3.24. The predicted molar refractivity (Wildman–Crippen MR) is 115 cm³/mol. The lowest BCUT2D eigenvalue weighted by Crippen LogP contribution is -2.50. The van der Waals surface area contributed by atoms with E-state index < -0.39 is 10.0 Å². The number of thiophene rings is 1. The van der Waals surface area contributed by atoms with E-state index in [0.29, 0.717) is 17.4 Å². The van der Waals surface area contributed by atoms with Crippen LogP contribution in [0.3, 0.4) is 0 Å². The number of hydrogen-bond donors (Lipinski definition) is 0. The minimum atomic E-state index is -3.57. The van der Waals surface area contributed by atoms with Gasteiger partial charge in [0.15, 0.2) is 0 Å². The number of carbonyl (C=O) groups excluding carboxylic acids is 1. The Morgan fingerprint density at radius 1 is 1.07 bits per heavy atom. The fourth-order valence-corrected chi connectivity index (χ4v) is 6.30.